The number of fused-ring (bicyclic) bond motifs is 1. The molecule has 5 aromatic rings. The second kappa shape index (κ2) is 8.94. The van der Waals surface area contributed by atoms with E-state index in [0.29, 0.717) is 0 Å². The zero-order valence-electron chi connectivity index (χ0n) is 18.8. The summed E-state index contributed by atoms with van der Waals surface area (Å²) in [5.41, 5.74) is 6.87. The predicted octanol–water partition coefficient (Wildman–Crippen LogP) is 4.10. The molecule has 0 saturated carbocycles. The third kappa shape index (κ3) is 4.08. The maximum atomic E-state index is 4.65. The Kier molecular flexibility index (Phi) is 5.35. The topological polar surface area (TPSA) is 62.5 Å². The molecule has 7 nitrogen and oxygen atoms in total. The lowest BCUT2D eigenvalue weighted by molar-refractivity contribution is 0.641. The molecule has 0 N–H and O–H groups in total. The van der Waals surface area contributed by atoms with Gasteiger partial charge in [0.1, 0.15) is 0 Å². The van der Waals surface area contributed by atoms with E-state index in [1.54, 1.807) is 6.20 Å². The number of pyridine rings is 2. The molecule has 7 heteroatoms. The largest absolute Gasteiger partial charge is 0.365 e. The highest BCUT2D eigenvalue weighted by Crippen LogP contribution is 2.26. The quantitative estimate of drug-likeness (QED) is 0.404. The van der Waals surface area contributed by atoms with Crippen molar-refractivity contribution in [3.63, 3.8) is 0 Å². The van der Waals surface area contributed by atoms with E-state index < -0.39 is 0 Å². The van der Waals surface area contributed by atoms with Gasteiger partial charge in [0.25, 0.3) is 0 Å². The van der Waals surface area contributed by atoms with Gasteiger partial charge < -0.3 is 9.80 Å². The smallest absolute Gasteiger partial charge is 0.225 e. The maximum absolute atomic E-state index is 4.65. The molecule has 34 heavy (non-hydrogen) atoms. The summed E-state index contributed by atoms with van der Waals surface area (Å²) in [5.74, 6) is 0.803. The minimum atomic E-state index is 0.803. The second-order valence-corrected chi connectivity index (χ2v) is 8.55. The lowest BCUT2D eigenvalue weighted by Crippen LogP contribution is -2.47. The SMILES string of the molecule is c1ccc(Cc2cnc(N3CCN(c4cnn5cc(-c6cccnc6)ccc45)CC3)nc2)cc1. The molecule has 4 aromatic heterocycles. The van der Waals surface area contributed by atoms with Crippen LogP contribution in [0.2, 0.25) is 0 Å². The first-order chi connectivity index (χ1) is 16.8. The van der Waals surface area contributed by atoms with E-state index in [9.17, 15) is 0 Å². The van der Waals surface area contributed by atoms with Crippen LogP contribution in [0.25, 0.3) is 16.6 Å². The molecule has 6 rings (SSSR count). The van der Waals surface area contributed by atoms with Gasteiger partial charge in [0.15, 0.2) is 0 Å². The van der Waals surface area contributed by atoms with Crippen LogP contribution in [0.15, 0.2) is 91.8 Å². The van der Waals surface area contributed by atoms with Crippen LogP contribution in [-0.4, -0.2) is 50.7 Å². The highest BCUT2D eigenvalue weighted by Gasteiger charge is 2.21. The second-order valence-electron chi connectivity index (χ2n) is 8.55. The highest BCUT2D eigenvalue weighted by molar-refractivity contribution is 5.75. The van der Waals surface area contributed by atoms with Crippen molar-refractivity contribution < 1.29 is 0 Å². The van der Waals surface area contributed by atoms with Crippen molar-refractivity contribution in [1.29, 1.82) is 0 Å². The van der Waals surface area contributed by atoms with Crippen molar-refractivity contribution in [2.75, 3.05) is 36.0 Å². The van der Waals surface area contributed by atoms with Gasteiger partial charge in [0.2, 0.25) is 5.95 Å². The Hall–Kier alpha value is -4.26. The number of piperazine rings is 1. The molecule has 0 bridgehead atoms. The third-order valence-corrected chi connectivity index (χ3v) is 6.34. The van der Waals surface area contributed by atoms with E-state index in [4.69, 9.17) is 0 Å². The van der Waals surface area contributed by atoms with Gasteiger partial charge >= 0.3 is 0 Å². The maximum Gasteiger partial charge on any atom is 0.225 e. The van der Waals surface area contributed by atoms with Gasteiger partial charge in [-0.3, -0.25) is 4.98 Å². The molecule has 0 radical (unpaired) electrons. The molecule has 5 heterocycles. The summed E-state index contributed by atoms with van der Waals surface area (Å²) in [6.07, 6.45) is 12.5. The molecule has 0 amide bonds. The van der Waals surface area contributed by atoms with Gasteiger partial charge in [-0.25, -0.2) is 14.5 Å². The van der Waals surface area contributed by atoms with E-state index in [1.807, 2.05) is 41.4 Å². The molecule has 1 aliphatic heterocycles. The fraction of sp³-hybridized carbons (Fsp3) is 0.185. The number of rotatable bonds is 5. The molecule has 1 aliphatic rings. The van der Waals surface area contributed by atoms with Gasteiger partial charge in [0, 0.05) is 74.7 Å². The number of hydrogen-bond donors (Lipinski definition) is 0. The molecular weight excluding hydrogens is 422 g/mol. The van der Waals surface area contributed by atoms with Gasteiger partial charge in [-0.1, -0.05) is 42.5 Å². The molecule has 0 aliphatic carbocycles. The Morgan fingerprint density at radius 3 is 2.24 bits per heavy atom. The number of nitrogens with zero attached hydrogens (tertiary/aromatic N) is 7. The summed E-state index contributed by atoms with van der Waals surface area (Å²) < 4.78 is 1.96. The van der Waals surface area contributed by atoms with E-state index in [2.05, 4.69) is 78.5 Å². The van der Waals surface area contributed by atoms with Crippen LogP contribution in [0.1, 0.15) is 11.1 Å². The van der Waals surface area contributed by atoms with Crippen molar-refractivity contribution in [2.24, 2.45) is 0 Å². The Labute approximate surface area is 198 Å². The molecule has 1 aromatic carbocycles. The summed E-state index contributed by atoms with van der Waals surface area (Å²) in [4.78, 5) is 18.2. The molecule has 0 unspecified atom stereocenters. The highest BCUT2D eigenvalue weighted by atomic mass is 15.3. The number of hydrogen-bond acceptors (Lipinski definition) is 6. The fourth-order valence-corrected chi connectivity index (χ4v) is 4.50. The Bertz CT molecular complexity index is 1370. The summed E-state index contributed by atoms with van der Waals surface area (Å²) in [6.45, 7) is 3.56. The van der Waals surface area contributed by atoms with E-state index in [-0.39, 0.29) is 0 Å². The molecule has 1 fully saturated rings. The Morgan fingerprint density at radius 2 is 1.47 bits per heavy atom. The average molecular weight is 448 g/mol. The lowest BCUT2D eigenvalue weighted by Gasteiger charge is -2.35. The van der Waals surface area contributed by atoms with Crippen molar-refractivity contribution >= 4 is 17.2 Å². The van der Waals surface area contributed by atoms with E-state index >= 15 is 0 Å². The molecule has 0 spiro atoms. The van der Waals surface area contributed by atoms with Crippen LogP contribution >= 0.6 is 0 Å². The number of aromatic nitrogens is 5. The monoisotopic (exact) mass is 447 g/mol. The Balaban J connectivity index is 1.12. The van der Waals surface area contributed by atoms with Crippen LogP contribution in [0.4, 0.5) is 11.6 Å². The zero-order valence-corrected chi connectivity index (χ0v) is 18.8. The van der Waals surface area contributed by atoms with Gasteiger partial charge in [0.05, 0.1) is 17.4 Å². The van der Waals surface area contributed by atoms with Gasteiger partial charge in [-0.05, 0) is 23.3 Å². The summed E-state index contributed by atoms with van der Waals surface area (Å²) >= 11 is 0. The van der Waals surface area contributed by atoms with Crippen molar-refractivity contribution in [1.82, 2.24) is 24.6 Å². The predicted molar refractivity (Wildman–Crippen MR) is 134 cm³/mol. The van der Waals surface area contributed by atoms with Crippen LogP contribution in [-0.2, 0) is 6.42 Å². The van der Waals surface area contributed by atoms with E-state index in [1.165, 1.54) is 5.56 Å². The summed E-state index contributed by atoms with van der Waals surface area (Å²) in [6, 6.07) is 18.7. The van der Waals surface area contributed by atoms with Crippen molar-refractivity contribution in [3.05, 3.63) is 103 Å². The van der Waals surface area contributed by atoms with Crippen LogP contribution in [0, 0.1) is 0 Å². The molecule has 0 atom stereocenters. The van der Waals surface area contributed by atoms with Crippen LogP contribution < -0.4 is 9.80 Å². The molecular formula is C27H25N7. The van der Waals surface area contributed by atoms with Crippen LogP contribution in [0.5, 0.6) is 0 Å². The van der Waals surface area contributed by atoms with Gasteiger partial charge in [-0.2, -0.15) is 5.10 Å². The van der Waals surface area contributed by atoms with Crippen molar-refractivity contribution in [3.8, 4) is 11.1 Å². The Morgan fingerprint density at radius 1 is 0.676 bits per heavy atom. The minimum Gasteiger partial charge on any atom is -0.365 e. The first-order valence-corrected chi connectivity index (χ1v) is 11.6. The van der Waals surface area contributed by atoms with Crippen molar-refractivity contribution in [2.45, 2.75) is 6.42 Å². The summed E-state index contributed by atoms with van der Waals surface area (Å²) in [7, 11) is 0. The number of benzene rings is 1. The van der Waals surface area contributed by atoms with Crippen LogP contribution in [0.3, 0.4) is 0 Å². The minimum absolute atomic E-state index is 0.803. The fourth-order valence-electron chi connectivity index (χ4n) is 4.50. The first-order valence-electron chi connectivity index (χ1n) is 11.6. The molecule has 168 valence electrons. The lowest BCUT2D eigenvalue weighted by atomic mass is 10.1. The number of anilines is 2. The third-order valence-electron chi connectivity index (χ3n) is 6.34. The zero-order chi connectivity index (χ0) is 22.7. The normalized spacial score (nSPS) is 14.0. The summed E-state index contributed by atoms with van der Waals surface area (Å²) in [5, 5.41) is 4.62. The molecule has 1 saturated heterocycles. The first kappa shape index (κ1) is 20.4. The van der Waals surface area contributed by atoms with E-state index in [0.717, 1.165) is 66.4 Å². The van der Waals surface area contributed by atoms with Gasteiger partial charge in [-0.15, -0.1) is 0 Å². The standard InChI is InChI=1S/C27H25N7/c1-2-5-21(6-3-1)15-22-16-29-27(30-17-22)33-13-11-32(12-14-33)26-19-31-34-20-24(8-9-25(26)34)23-7-4-10-28-18-23/h1-10,16-20H,11-15H2. The average Bonchev–Trinajstić information content (AvgIpc) is 3.34.